The molecule has 1 aliphatic carbocycles. The summed E-state index contributed by atoms with van der Waals surface area (Å²) in [6.45, 7) is 0.168. The maximum absolute atomic E-state index is 12.7. The Balaban J connectivity index is 1.62. The normalized spacial score (nSPS) is 19.2. The second-order valence-electron chi connectivity index (χ2n) is 6.84. The average molecular weight is 364 g/mol. The largest absolute Gasteiger partial charge is 0.340 e. The van der Waals surface area contributed by atoms with Crippen molar-refractivity contribution in [3.8, 4) is 0 Å². The van der Waals surface area contributed by atoms with Crippen molar-refractivity contribution in [3.63, 3.8) is 0 Å². The molecule has 7 heteroatoms. The lowest BCUT2D eigenvalue weighted by Gasteiger charge is -2.30. The van der Waals surface area contributed by atoms with E-state index in [1.165, 1.54) is 4.90 Å². The summed E-state index contributed by atoms with van der Waals surface area (Å²) in [7, 11) is 1.66. The zero-order chi connectivity index (χ0) is 18.0. The Bertz CT molecular complexity index is 683. The molecule has 0 bridgehead atoms. The molecule has 1 heterocycles. The standard InChI is InChI=1S/C18H22ClN3O3/c1-21(11-13-5-7-14(19)8-6-13)15(23)12-22-16(24)18(20-17(22)25)9-3-2-4-10-18/h5-8H,2-4,9-12H2,1H3,(H,20,25). The summed E-state index contributed by atoms with van der Waals surface area (Å²) in [6, 6.07) is 6.76. The van der Waals surface area contributed by atoms with Gasteiger partial charge in [0.2, 0.25) is 5.91 Å². The number of benzene rings is 1. The highest BCUT2D eigenvalue weighted by atomic mass is 35.5. The van der Waals surface area contributed by atoms with Gasteiger partial charge in [-0.3, -0.25) is 14.5 Å². The number of hydrogen-bond acceptors (Lipinski definition) is 3. The van der Waals surface area contributed by atoms with Crippen LogP contribution in [0.4, 0.5) is 4.79 Å². The number of nitrogens with zero attached hydrogens (tertiary/aromatic N) is 2. The summed E-state index contributed by atoms with van der Waals surface area (Å²) >= 11 is 5.86. The van der Waals surface area contributed by atoms with Crippen LogP contribution in [-0.2, 0) is 16.1 Å². The first-order valence-electron chi connectivity index (χ1n) is 8.54. The molecule has 134 valence electrons. The highest BCUT2D eigenvalue weighted by Crippen LogP contribution is 2.33. The highest BCUT2D eigenvalue weighted by Gasteiger charge is 2.51. The third-order valence-corrected chi connectivity index (χ3v) is 5.26. The average Bonchev–Trinajstić information content (AvgIpc) is 2.81. The fourth-order valence-electron chi connectivity index (χ4n) is 3.52. The van der Waals surface area contributed by atoms with Crippen LogP contribution in [0.25, 0.3) is 0 Å². The molecule has 0 unspecified atom stereocenters. The minimum Gasteiger partial charge on any atom is -0.340 e. The predicted molar refractivity (Wildman–Crippen MR) is 94.0 cm³/mol. The first-order valence-corrected chi connectivity index (χ1v) is 8.92. The molecule has 2 aliphatic rings. The van der Waals surface area contributed by atoms with Crippen molar-refractivity contribution in [1.29, 1.82) is 0 Å². The van der Waals surface area contributed by atoms with E-state index < -0.39 is 11.6 Å². The topological polar surface area (TPSA) is 69.7 Å². The molecule has 1 saturated carbocycles. The molecule has 25 heavy (non-hydrogen) atoms. The minimum atomic E-state index is -0.787. The van der Waals surface area contributed by atoms with Gasteiger partial charge in [0.05, 0.1) is 0 Å². The van der Waals surface area contributed by atoms with E-state index >= 15 is 0 Å². The molecule has 1 aromatic rings. The lowest BCUT2D eigenvalue weighted by molar-refractivity contribution is -0.139. The number of hydrogen-bond donors (Lipinski definition) is 1. The quantitative estimate of drug-likeness (QED) is 0.836. The van der Waals surface area contributed by atoms with E-state index in [9.17, 15) is 14.4 Å². The maximum Gasteiger partial charge on any atom is 0.325 e. The summed E-state index contributed by atoms with van der Waals surface area (Å²) in [5.74, 6) is -0.531. The summed E-state index contributed by atoms with van der Waals surface area (Å²) < 4.78 is 0. The van der Waals surface area contributed by atoms with E-state index in [0.717, 1.165) is 29.7 Å². The van der Waals surface area contributed by atoms with Crippen LogP contribution in [0.1, 0.15) is 37.7 Å². The Morgan fingerprint density at radius 1 is 1.20 bits per heavy atom. The molecule has 1 aliphatic heterocycles. The van der Waals surface area contributed by atoms with Gasteiger partial charge in [-0.1, -0.05) is 43.0 Å². The Morgan fingerprint density at radius 3 is 2.48 bits per heavy atom. The van der Waals surface area contributed by atoms with Crippen LogP contribution < -0.4 is 5.32 Å². The Kier molecular flexibility index (Phi) is 4.99. The van der Waals surface area contributed by atoms with E-state index in [4.69, 9.17) is 11.6 Å². The third kappa shape index (κ3) is 3.63. The van der Waals surface area contributed by atoms with Gasteiger partial charge in [0.15, 0.2) is 0 Å². The zero-order valence-corrected chi connectivity index (χ0v) is 15.0. The van der Waals surface area contributed by atoms with Crippen molar-refractivity contribution >= 4 is 29.4 Å². The molecule has 2 fully saturated rings. The number of carbonyl (C=O) groups excluding carboxylic acids is 3. The van der Waals surface area contributed by atoms with Crippen LogP contribution in [0.3, 0.4) is 0 Å². The van der Waals surface area contributed by atoms with Gasteiger partial charge >= 0.3 is 6.03 Å². The molecular formula is C18H22ClN3O3. The van der Waals surface area contributed by atoms with E-state index in [1.54, 1.807) is 19.2 Å². The first-order chi connectivity index (χ1) is 11.9. The first kappa shape index (κ1) is 17.7. The van der Waals surface area contributed by atoms with Crippen LogP contribution in [-0.4, -0.2) is 46.8 Å². The molecule has 1 aromatic carbocycles. The van der Waals surface area contributed by atoms with Gasteiger partial charge in [-0.2, -0.15) is 0 Å². The molecule has 1 N–H and O–H groups in total. The zero-order valence-electron chi connectivity index (χ0n) is 14.3. The molecule has 0 aromatic heterocycles. The van der Waals surface area contributed by atoms with E-state index in [0.29, 0.717) is 24.4 Å². The van der Waals surface area contributed by atoms with Gasteiger partial charge in [0, 0.05) is 18.6 Å². The van der Waals surface area contributed by atoms with E-state index in [2.05, 4.69) is 5.32 Å². The lowest BCUT2D eigenvalue weighted by atomic mass is 9.82. The molecule has 1 saturated heterocycles. The molecule has 1 spiro atoms. The molecule has 0 radical (unpaired) electrons. The number of nitrogens with one attached hydrogen (secondary N) is 1. The van der Waals surface area contributed by atoms with Gasteiger partial charge in [-0.15, -0.1) is 0 Å². The molecule has 4 amide bonds. The number of halogens is 1. The summed E-state index contributed by atoms with van der Waals surface area (Å²) in [5.41, 5.74) is 0.144. The SMILES string of the molecule is CN(Cc1ccc(Cl)cc1)C(=O)CN1C(=O)NC2(CCCCC2)C1=O. The van der Waals surface area contributed by atoms with Gasteiger partial charge in [-0.25, -0.2) is 4.79 Å². The minimum absolute atomic E-state index is 0.226. The third-order valence-electron chi connectivity index (χ3n) is 5.01. The highest BCUT2D eigenvalue weighted by molar-refractivity contribution is 6.30. The van der Waals surface area contributed by atoms with Crippen LogP contribution in [0.15, 0.2) is 24.3 Å². The molecular weight excluding hydrogens is 342 g/mol. The fourth-order valence-corrected chi connectivity index (χ4v) is 3.65. The van der Waals surface area contributed by atoms with Gasteiger partial charge in [0.1, 0.15) is 12.1 Å². The van der Waals surface area contributed by atoms with Gasteiger partial charge in [0.25, 0.3) is 5.91 Å². The summed E-state index contributed by atoms with van der Waals surface area (Å²) in [4.78, 5) is 40.0. The maximum atomic E-state index is 12.7. The number of rotatable bonds is 4. The monoisotopic (exact) mass is 363 g/mol. The lowest BCUT2D eigenvalue weighted by Crippen LogP contribution is -2.49. The van der Waals surface area contributed by atoms with Crippen LogP contribution in [0.2, 0.25) is 5.02 Å². The second kappa shape index (κ2) is 7.04. The summed E-state index contributed by atoms with van der Waals surface area (Å²) in [5, 5.41) is 3.46. The smallest absolute Gasteiger partial charge is 0.325 e. The van der Waals surface area contributed by atoms with E-state index in [-0.39, 0.29) is 18.4 Å². The van der Waals surface area contributed by atoms with Crippen molar-refractivity contribution in [2.75, 3.05) is 13.6 Å². The molecule has 6 nitrogen and oxygen atoms in total. The van der Waals surface area contributed by atoms with E-state index in [1.807, 2.05) is 12.1 Å². The van der Waals surface area contributed by atoms with Gasteiger partial charge < -0.3 is 10.2 Å². The number of likely N-dealkylation sites (N-methyl/N-ethyl adjacent to an activating group) is 1. The van der Waals surface area contributed by atoms with Crippen molar-refractivity contribution in [3.05, 3.63) is 34.9 Å². The van der Waals surface area contributed by atoms with Crippen molar-refractivity contribution in [2.24, 2.45) is 0 Å². The number of carbonyl (C=O) groups is 3. The Hall–Kier alpha value is -2.08. The van der Waals surface area contributed by atoms with Crippen molar-refractivity contribution in [1.82, 2.24) is 15.1 Å². The van der Waals surface area contributed by atoms with Crippen LogP contribution in [0.5, 0.6) is 0 Å². The second-order valence-corrected chi connectivity index (χ2v) is 7.28. The fraction of sp³-hybridized carbons (Fsp3) is 0.500. The summed E-state index contributed by atoms with van der Waals surface area (Å²) in [6.07, 6.45) is 4.23. The number of amides is 4. The Morgan fingerprint density at radius 2 is 1.84 bits per heavy atom. The molecule has 0 atom stereocenters. The van der Waals surface area contributed by atoms with Crippen molar-refractivity contribution < 1.29 is 14.4 Å². The Labute approximate surface area is 152 Å². The number of urea groups is 1. The van der Waals surface area contributed by atoms with Crippen LogP contribution >= 0.6 is 11.6 Å². The number of imide groups is 1. The van der Waals surface area contributed by atoms with Crippen molar-refractivity contribution in [2.45, 2.75) is 44.2 Å². The van der Waals surface area contributed by atoms with Crippen LogP contribution in [0, 0.1) is 0 Å². The molecule has 3 rings (SSSR count). The predicted octanol–water partition coefficient (Wildman–Crippen LogP) is 2.55. The van der Waals surface area contributed by atoms with Gasteiger partial charge in [-0.05, 0) is 30.5 Å².